The number of hydrogen-bond acceptors (Lipinski definition) is 5. The summed E-state index contributed by atoms with van der Waals surface area (Å²) in [4.78, 5) is 33.2. The number of carbonyl (C=O) groups excluding carboxylic acids is 2. The lowest BCUT2D eigenvalue weighted by molar-refractivity contribution is -0.120. The summed E-state index contributed by atoms with van der Waals surface area (Å²) in [7, 11) is 0. The van der Waals surface area contributed by atoms with E-state index in [1.807, 2.05) is 55.5 Å². The van der Waals surface area contributed by atoms with E-state index in [0.717, 1.165) is 8.66 Å². The third-order valence-electron chi connectivity index (χ3n) is 4.67. The van der Waals surface area contributed by atoms with Gasteiger partial charge in [-0.3, -0.25) is 9.59 Å². The van der Waals surface area contributed by atoms with Crippen LogP contribution in [0.2, 0.25) is 0 Å². The molecule has 4 rings (SSSR count). The zero-order chi connectivity index (χ0) is 21.8. The number of carbonyl (C=O) groups is 2. The van der Waals surface area contributed by atoms with Crippen molar-refractivity contribution in [2.75, 3.05) is 23.4 Å². The fourth-order valence-electron chi connectivity index (χ4n) is 3.31. The number of nitrogens with one attached hydrogen (secondary N) is 1. The molecule has 0 atom stereocenters. The predicted octanol–water partition coefficient (Wildman–Crippen LogP) is 5.41. The molecule has 0 radical (unpaired) electrons. The van der Waals surface area contributed by atoms with Crippen molar-refractivity contribution in [3.63, 3.8) is 0 Å². The van der Waals surface area contributed by atoms with Crippen LogP contribution in [0.4, 0.5) is 17.1 Å². The highest BCUT2D eigenvalue weighted by molar-refractivity contribution is 9.11. The van der Waals surface area contributed by atoms with E-state index in [2.05, 4.69) is 21.2 Å². The van der Waals surface area contributed by atoms with Gasteiger partial charge in [-0.2, -0.15) is 0 Å². The van der Waals surface area contributed by atoms with Crippen LogP contribution in [0, 0.1) is 0 Å². The second kappa shape index (κ2) is 9.45. The average molecular weight is 498 g/mol. The lowest BCUT2D eigenvalue weighted by Gasteiger charge is -2.22. The van der Waals surface area contributed by atoms with E-state index in [9.17, 15) is 9.59 Å². The van der Waals surface area contributed by atoms with E-state index >= 15 is 0 Å². The van der Waals surface area contributed by atoms with Crippen molar-refractivity contribution in [3.05, 3.63) is 69.3 Å². The molecule has 0 aliphatic carbocycles. The van der Waals surface area contributed by atoms with E-state index in [1.54, 1.807) is 12.1 Å². The number of anilines is 2. The molecule has 0 spiro atoms. The fourth-order valence-corrected chi connectivity index (χ4v) is 4.69. The number of rotatable bonds is 6. The summed E-state index contributed by atoms with van der Waals surface area (Å²) >= 11 is 4.99. The monoisotopic (exact) mass is 497 g/mol. The van der Waals surface area contributed by atoms with E-state index in [4.69, 9.17) is 9.73 Å². The molecule has 2 heterocycles. The molecule has 1 aliphatic rings. The van der Waals surface area contributed by atoms with Crippen molar-refractivity contribution in [3.8, 4) is 5.75 Å². The minimum absolute atomic E-state index is 0.116. The molecule has 31 heavy (non-hydrogen) atoms. The first kappa shape index (κ1) is 21.3. The standard InChI is InChI=1S/C23H20BrN3O3S/c1-2-30-19-10-6-4-8-16(19)26-22(28)14-27-18-9-5-3-7-15(18)25-17(13-23(27)29)20-11-12-21(24)31-20/h3-12H,2,13-14H2,1H3,(H,26,28). The van der Waals surface area contributed by atoms with Gasteiger partial charge in [0.05, 0.1) is 44.5 Å². The summed E-state index contributed by atoms with van der Waals surface area (Å²) in [6.45, 7) is 2.26. The van der Waals surface area contributed by atoms with E-state index in [1.165, 1.54) is 16.2 Å². The molecule has 0 bridgehead atoms. The van der Waals surface area contributed by atoms with Crippen molar-refractivity contribution < 1.29 is 14.3 Å². The smallest absolute Gasteiger partial charge is 0.244 e. The minimum Gasteiger partial charge on any atom is -0.492 e. The molecule has 158 valence electrons. The number of para-hydroxylation sites is 4. The van der Waals surface area contributed by atoms with Crippen LogP contribution >= 0.6 is 27.3 Å². The normalized spacial score (nSPS) is 13.3. The summed E-state index contributed by atoms with van der Waals surface area (Å²) in [5.41, 5.74) is 2.55. The first-order valence-electron chi connectivity index (χ1n) is 9.79. The SMILES string of the molecule is CCOc1ccccc1NC(=O)CN1C(=O)CC(c2ccc(Br)s2)=Nc2ccccc21. The van der Waals surface area contributed by atoms with Crippen molar-refractivity contribution in [1.29, 1.82) is 0 Å². The maximum atomic E-state index is 13.2. The first-order valence-corrected chi connectivity index (χ1v) is 11.4. The van der Waals surface area contributed by atoms with Crippen LogP contribution in [0.15, 0.2) is 69.4 Å². The number of benzene rings is 2. The molecular weight excluding hydrogens is 478 g/mol. The molecule has 2 aromatic carbocycles. The molecule has 6 nitrogen and oxygen atoms in total. The molecule has 0 saturated carbocycles. The number of nitrogens with zero attached hydrogens (tertiary/aromatic N) is 2. The fraction of sp³-hybridized carbons (Fsp3) is 0.174. The van der Waals surface area contributed by atoms with Crippen molar-refractivity contribution >= 4 is 61.9 Å². The number of amides is 2. The number of fused-ring (bicyclic) bond motifs is 1. The van der Waals surface area contributed by atoms with Crippen LogP contribution in [0.1, 0.15) is 18.2 Å². The van der Waals surface area contributed by atoms with Crippen LogP contribution < -0.4 is 15.0 Å². The average Bonchev–Trinajstić information content (AvgIpc) is 3.14. The summed E-state index contributed by atoms with van der Waals surface area (Å²) in [6, 6.07) is 18.5. The van der Waals surface area contributed by atoms with Gasteiger partial charge in [-0.05, 0) is 59.3 Å². The van der Waals surface area contributed by atoms with Gasteiger partial charge >= 0.3 is 0 Å². The van der Waals surface area contributed by atoms with Crippen molar-refractivity contribution in [1.82, 2.24) is 0 Å². The molecule has 8 heteroatoms. The number of thiophene rings is 1. The minimum atomic E-state index is -0.308. The summed E-state index contributed by atoms with van der Waals surface area (Å²) in [5, 5.41) is 2.86. The van der Waals surface area contributed by atoms with Crippen molar-refractivity contribution in [2.45, 2.75) is 13.3 Å². The van der Waals surface area contributed by atoms with Gasteiger partial charge in [0.2, 0.25) is 11.8 Å². The van der Waals surface area contributed by atoms with E-state index in [-0.39, 0.29) is 24.8 Å². The second-order valence-corrected chi connectivity index (χ2v) is 9.25. The molecule has 2 amide bonds. The Hall–Kier alpha value is -2.97. The summed E-state index contributed by atoms with van der Waals surface area (Å²) in [6.07, 6.45) is 0.116. The van der Waals surface area contributed by atoms with Gasteiger partial charge in [-0.15, -0.1) is 11.3 Å². The zero-order valence-corrected chi connectivity index (χ0v) is 19.2. The van der Waals surface area contributed by atoms with Crippen molar-refractivity contribution in [2.24, 2.45) is 4.99 Å². The molecular formula is C23H20BrN3O3S. The van der Waals surface area contributed by atoms with Crippen LogP contribution in [0.25, 0.3) is 0 Å². The third kappa shape index (κ3) is 4.86. The number of aliphatic imine (C=N–C) groups is 1. The topological polar surface area (TPSA) is 71.0 Å². The number of halogens is 1. The van der Waals surface area contributed by atoms with Gasteiger partial charge in [0.25, 0.3) is 0 Å². The maximum absolute atomic E-state index is 13.2. The summed E-state index contributed by atoms with van der Waals surface area (Å²) < 4.78 is 6.55. The molecule has 3 aromatic rings. The first-order chi connectivity index (χ1) is 15.0. The van der Waals surface area contributed by atoms with Gasteiger partial charge in [-0.25, -0.2) is 4.99 Å². The van der Waals surface area contributed by atoms with Gasteiger partial charge < -0.3 is 15.0 Å². The third-order valence-corrected chi connectivity index (χ3v) is 6.34. The van der Waals surface area contributed by atoms with Crippen LogP contribution in [-0.2, 0) is 9.59 Å². The Morgan fingerprint density at radius 2 is 1.94 bits per heavy atom. The Bertz CT molecular complexity index is 1160. The molecule has 0 fully saturated rings. The molecule has 1 N–H and O–H groups in total. The zero-order valence-electron chi connectivity index (χ0n) is 16.8. The highest BCUT2D eigenvalue weighted by atomic mass is 79.9. The van der Waals surface area contributed by atoms with Gasteiger partial charge in [-0.1, -0.05) is 24.3 Å². The largest absolute Gasteiger partial charge is 0.492 e. The Morgan fingerprint density at radius 1 is 1.16 bits per heavy atom. The van der Waals surface area contributed by atoms with Gasteiger partial charge in [0.1, 0.15) is 12.3 Å². The molecule has 1 aliphatic heterocycles. The Morgan fingerprint density at radius 3 is 2.71 bits per heavy atom. The van der Waals surface area contributed by atoms with Gasteiger partial charge in [0.15, 0.2) is 0 Å². The van der Waals surface area contributed by atoms with Gasteiger partial charge in [0, 0.05) is 0 Å². The number of hydrogen-bond donors (Lipinski definition) is 1. The molecule has 0 saturated heterocycles. The van der Waals surface area contributed by atoms with E-state index < -0.39 is 0 Å². The number of ether oxygens (including phenoxy) is 1. The Kier molecular flexibility index (Phi) is 6.48. The van der Waals surface area contributed by atoms with Crippen LogP contribution in [0.5, 0.6) is 5.75 Å². The maximum Gasteiger partial charge on any atom is 0.244 e. The highest BCUT2D eigenvalue weighted by Crippen LogP contribution is 2.34. The van der Waals surface area contributed by atoms with E-state index in [0.29, 0.717) is 35.1 Å². The highest BCUT2D eigenvalue weighted by Gasteiger charge is 2.27. The summed E-state index contributed by atoms with van der Waals surface area (Å²) in [5.74, 6) is 0.105. The lowest BCUT2D eigenvalue weighted by Crippen LogP contribution is -2.38. The Labute approximate surface area is 192 Å². The van der Waals surface area contributed by atoms with Crippen LogP contribution in [-0.4, -0.2) is 30.7 Å². The Balaban J connectivity index is 1.59. The molecule has 0 unspecified atom stereocenters. The quantitative estimate of drug-likeness (QED) is 0.495. The van der Waals surface area contributed by atoms with Crippen LogP contribution in [0.3, 0.4) is 0 Å². The lowest BCUT2D eigenvalue weighted by atomic mass is 10.2. The second-order valence-electron chi connectivity index (χ2n) is 6.78. The predicted molar refractivity (Wildman–Crippen MR) is 128 cm³/mol. The molecule has 1 aromatic heterocycles.